The third-order valence-electron chi connectivity index (χ3n) is 2.84. The van der Waals surface area contributed by atoms with E-state index in [9.17, 15) is 13.2 Å². The number of carbonyl (C=O) groups is 1. The van der Waals surface area contributed by atoms with Crippen LogP contribution < -0.4 is 5.32 Å². The predicted octanol–water partition coefficient (Wildman–Crippen LogP) is 1.99. The van der Waals surface area contributed by atoms with E-state index in [-0.39, 0.29) is 10.8 Å². The maximum absolute atomic E-state index is 11.8. The van der Waals surface area contributed by atoms with Gasteiger partial charge in [0.2, 0.25) is 0 Å². The highest BCUT2D eigenvalue weighted by Gasteiger charge is 2.22. The molecule has 1 saturated carbocycles. The fraction of sp³-hybridized carbons (Fsp3) is 0.417. The van der Waals surface area contributed by atoms with Gasteiger partial charge in [-0.2, -0.15) is 0 Å². The van der Waals surface area contributed by atoms with E-state index < -0.39 is 9.84 Å². The van der Waals surface area contributed by atoms with E-state index in [1.165, 1.54) is 25.0 Å². The van der Waals surface area contributed by atoms with Crippen molar-refractivity contribution >= 4 is 31.7 Å². The maximum Gasteiger partial charge on any atom is 0.251 e. The highest BCUT2D eigenvalue weighted by molar-refractivity contribution is 9.10. The van der Waals surface area contributed by atoms with E-state index in [0.29, 0.717) is 22.5 Å². The molecule has 0 spiro atoms. The van der Waals surface area contributed by atoms with Crippen LogP contribution in [0, 0.1) is 5.92 Å². The molecule has 0 radical (unpaired) electrons. The summed E-state index contributed by atoms with van der Waals surface area (Å²) in [6.45, 7) is 0.699. The molecule has 1 aliphatic carbocycles. The minimum atomic E-state index is -3.27. The Hall–Kier alpha value is -0.880. The lowest BCUT2D eigenvalue weighted by Crippen LogP contribution is -2.25. The van der Waals surface area contributed by atoms with Crippen molar-refractivity contribution in [2.24, 2.45) is 5.92 Å². The summed E-state index contributed by atoms with van der Waals surface area (Å²) in [6, 6.07) is 4.52. The molecule has 0 atom stereocenters. The normalized spacial score (nSPS) is 15.4. The van der Waals surface area contributed by atoms with Gasteiger partial charge in [-0.3, -0.25) is 4.79 Å². The third-order valence-corrected chi connectivity index (χ3v) is 4.92. The van der Waals surface area contributed by atoms with Gasteiger partial charge in [-0.15, -0.1) is 0 Å². The van der Waals surface area contributed by atoms with Crippen molar-refractivity contribution in [1.82, 2.24) is 5.32 Å². The summed E-state index contributed by atoms with van der Waals surface area (Å²) in [6.07, 6.45) is 3.49. The second kappa shape index (κ2) is 5.01. The quantitative estimate of drug-likeness (QED) is 0.917. The lowest BCUT2D eigenvalue weighted by molar-refractivity contribution is 0.0951. The Bertz CT molecular complexity index is 579. The first-order valence-corrected chi connectivity index (χ1v) is 8.34. The number of amides is 1. The fourth-order valence-corrected chi connectivity index (χ4v) is 3.59. The molecule has 1 fully saturated rings. The number of benzene rings is 1. The van der Waals surface area contributed by atoms with Crippen molar-refractivity contribution in [1.29, 1.82) is 0 Å². The minimum Gasteiger partial charge on any atom is -0.352 e. The molecule has 1 aliphatic rings. The molecule has 0 saturated heterocycles. The average molecular weight is 332 g/mol. The van der Waals surface area contributed by atoms with Gasteiger partial charge in [0.1, 0.15) is 0 Å². The van der Waals surface area contributed by atoms with Crippen molar-refractivity contribution in [2.45, 2.75) is 17.7 Å². The van der Waals surface area contributed by atoms with Gasteiger partial charge in [0.15, 0.2) is 9.84 Å². The first-order chi connectivity index (χ1) is 8.38. The van der Waals surface area contributed by atoms with E-state index >= 15 is 0 Å². The first kappa shape index (κ1) is 13.5. The fourth-order valence-electron chi connectivity index (χ4n) is 1.60. The standard InChI is InChI=1S/C12H14BrNO3S/c1-18(16,17)11-5-4-9(6-10(11)13)12(15)14-7-8-2-3-8/h4-6,8H,2-3,7H2,1H3,(H,14,15). The van der Waals surface area contributed by atoms with Gasteiger partial charge in [0.25, 0.3) is 5.91 Å². The van der Waals surface area contributed by atoms with E-state index in [4.69, 9.17) is 0 Å². The summed E-state index contributed by atoms with van der Waals surface area (Å²) < 4.78 is 23.3. The summed E-state index contributed by atoms with van der Waals surface area (Å²) in [5.41, 5.74) is 0.468. The first-order valence-electron chi connectivity index (χ1n) is 5.66. The van der Waals surface area contributed by atoms with Gasteiger partial charge in [-0.1, -0.05) is 0 Å². The maximum atomic E-state index is 11.8. The Kier molecular flexibility index (Phi) is 3.77. The van der Waals surface area contributed by atoms with Crippen LogP contribution in [0.2, 0.25) is 0 Å². The number of carbonyl (C=O) groups excluding carboxylic acids is 1. The second-order valence-electron chi connectivity index (χ2n) is 4.57. The van der Waals surface area contributed by atoms with E-state index in [0.717, 1.165) is 6.26 Å². The zero-order valence-electron chi connectivity index (χ0n) is 9.94. The lowest BCUT2D eigenvalue weighted by atomic mass is 10.2. The molecule has 2 rings (SSSR count). The zero-order chi connectivity index (χ0) is 13.3. The van der Waals surface area contributed by atoms with Gasteiger partial charge in [-0.25, -0.2) is 8.42 Å². The number of sulfone groups is 1. The number of hydrogen-bond acceptors (Lipinski definition) is 3. The van der Waals surface area contributed by atoms with Gasteiger partial charge < -0.3 is 5.32 Å². The van der Waals surface area contributed by atoms with Crippen LogP contribution in [0.3, 0.4) is 0 Å². The van der Waals surface area contributed by atoms with E-state index in [2.05, 4.69) is 21.2 Å². The molecular formula is C12H14BrNO3S. The van der Waals surface area contributed by atoms with Crippen LogP contribution in [-0.4, -0.2) is 27.1 Å². The summed E-state index contributed by atoms with van der Waals surface area (Å²) in [7, 11) is -3.27. The van der Waals surface area contributed by atoms with Crippen LogP contribution in [0.25, 0.3) is 0 Å². The molecule has 6 heteroatoms. The summed E-state index contributed by atoms with van der Waals surface area (Å²) in [5, 5.41) is 2.84. The van der Waals surface area contributed by atoms with Crippen LogP contribution in [-0.2, 0) is 9.84 Å². The van der Waals surface area contributed by atoms with Crippen molar-refractivity contribution < 1.29 is 13.2 Å². The van der Waals surface area contributed by atoms with Crippen molar-refractivity contribution in [3.63, 3.8) is 0 Å². The minimum absolute atomic E-state index is 0.164. The van der Waals surface area contributed by atoms with Crippen molar-refractivity contribution in [2.75, 3.05) is 12.8 Å². The molecule has 0 bridgehead atoms. The highest BCUT2D eigenvalue weighted by Crippen LogP contribution is 2.28. The summed E-state index contributed by atoms with van der Waals surface area (Å²) in [4.78, 5) is 12.0. The molecule has 0 aliphatic heterocycles. The van der Waals surface area contributed by atoms with Crippen molar-refractivity contribution in [3.8, 4) is 0 Å². The van der Waals surface area contributed by atoms with Gasteiger partial charge in [0.05, 0.1) is 4.90 Å². The molecule has 1 aromatic rings. The molecule has 0 unspecified atom stereocenters. The van der Waals surface area contributed by atoms with Crippen molar-refractivity contribution in [3.05, 3.63) is 28.2 Å². The van der Waals surface area contributed by atoms with Crippen LogP contribution in [0.5, 0.6) is 0 Å². The van der Waals surface area contributed by atoms with Crippen LogP contribution in [0.1, 0.15) is 23.2 Å². The molecule has 0 heterocycles. The summed E-state index contributed by atoms with van der Waals surface area (Å²) >= 11 is 3.18. The molecule has 98 valence electrons. The predicted molar refractivity (Wildman–Crippen MR) is 72.3 cm³/mol. The molecule has 1 N–H and O–H groups in total. The monoisotopic (exact) mass is 331 g/mol. The lowest BCUT2D eigenvalue weighted by Gasteiger charge is -2.07. The largest absolute Gasteiger partial charge is 0.352 e. The van der Waals surface area contributed by atoms with E-state index in [1.54, 1.807) is 6.07 Å². The number of halogens is 1. The third kappa shape index (κ3) is 3.32. The Morgan fingerprint density at radius 2 is 2.11 bits per heavy atom. The second-order valence-corrected chi connectivity index (χ2v) is 7.41. The SMILES string of the molecule is CS(=O)(=O)c1ccc(C(=O)NCC2CC2)cc1Br. The highest BCUT2D eigenvalue weighted by atomic mass is 79.9. The molecule has 0 aromatic heterocycles. The van der Waals surface area contributed by atoms with Crippen LogP contribution in [0.4, 0.5) is 0 Å². The topological polar surface area (TPSA) is 63.2 Å². The van der Waals surface area contributed by atoms with Gasteiger partial charge >= 0.3 is 0 Å². The molecule has 1 amide bonds. The number of rotatable bonds is 4. The number of nitrogens with one attached hydrogen (secondary N) is 1. The summed E-state index contributed by atoms with van der Waals surface area (Å²) in [5.74, 6) is 0.454. The molecule has 18 heavy (non-hydrogen) atoms. The smallest absolute Gasteiger partial charge is 0.251 e. The van der Waals surface area contributed by atoms with Crippen LogP contribution >= 0.6 is 15.9 Å². The molecule has 1 aromatic carbocycles. The zero-order valence-corrected chi connectivity index (χ0v) is 12.3. The van der Waals surface area contributed by atoms with Gasteiger partial charge in [-0.05, 0) is 52.9 Å². The Morgan fingerprint density at radius 3 is 2.61 bits per heavy atom. The van der Waals surface area contributed by atoms with Gasteiger partial charge in [0, 0.05) is 22.8 Å². The Labute approximate surface area is 115 Å². The number of hydrogen-bond donors (Lipinski definition) is 1. The van der Waals surface area contributed by atoms with E-state index in [1.807, 2.05) is 0 Å². The Morgan fingerprint density at radius 1 is 1.44 bits per heavy atom. The molecular weight excluding hydrogens is 318 g/mol. The van der Waals surface area contributed by atoms with Crippen LogP contribution in [0.15, 0.2) is 27.6 Å². The Balaban J connectivity index is 2.14. The molecule has 4 nitrogen and oxygen atoms in total. The average Bonchev–Trinajstić information content (AvgIpc) is 3.07.